The normalized spacial score (nSPS) is 13.6. The van der Waals surface area contributed by atoms with Crippen molar-refractivity contribution in [1.82, 2.24) is 5.53 Å². The van der Waals surface area contributed by atoms with Gasteiger partial charge in [-0.15, -0.1) is 0 Å². The Hall–Kier alpha value is -2.04. The minimum Gasteiger partial charge on any atom is -0.494 e. The van der Waals surface area contributed by atoms with Gasteiger partial charge in [0.15, 0.2) is 0 Å². The van der Waals surface area contributed by atoms with Crippen LogP contribution in [0, 0.1) is 0 Å². The predicted octanol–water partition coefficient (Wildman–Crippen LogP) is 4.89. The van der Waals surface area contributed by atoms with Crippen LogP contribution in [0.1, 0.15) is 65.2 Å². The van der Waals surface area contributed by atoms with Crippen molar-refractivity contribution in [3.63, 3.8) is 0 Å². The monoisotopic (exact) mass is 330 g/mol. The number of rotatable bonds is 11. The summed E-state index contributed by atoms with van der Waals surface area (Å²) in [5, 5.41) is 10.5. The Morgan fingerprint density at radius 2 is 1.71 bits per heavy atom. The number of nitrogens with one attached hydrogen (secondary N) is 1. The molecule has 0 aliphatic carbocycles. The molecule has 1 aliphatic heterocycles. The van der Waals surface area contributed by atoms with Gasteiger partial charge in [-0.1, -0.05) is 46.0 Å². The smallest absolute Gasteiger partial charge is 0.119 e. The molecule has 1 heterocycles. The van der Waals surface area contributed by atoms with Gasteiger partial charge in [0.2, 0.25) is 0 Å². The molecule has 0 spiro atoms. The molecule has 0 saturated carbocycles. The maximum Gasteiger partial charge on any atom is 0.119 e. The van der Waals surface area contributed by atoms with Crippen LogP contribution in [0.5, 0.6) is 5.75 Å². The van der Waals surface area contributed by atoms with Gasteiger partial charge in [0.05, 0.1) is 24.2 Å². The molecule has 5 heteroatoms. The van der Waals surface area contributed by atoms with Crippen LogP contribution in [0.15, 0.2) is 34.5 Å². The zero-order valence-corrected chi connectivity index (χ0v) is 15.0. The predicted molar refractivity (Wildman–Crippen MR) is 102 cm³/mol. The number of hydrazine groups is 1. The molecule has 1 N–H and O–H groups in total. The first-order valence-electron chi connectivity index (χ1n) is 9.22. The number of ether oxygens (including phenoxy) is 1. The van der Waals surface area contributed by atoms with Crippen molar-refractivity contribution < 1.29 is 4.74 Å². The molecule has 2 rings (SSSR count). The van der Waals surface area contributed by atoms with E-state index in [4.69, 9.17) is 4.74 Å². The van der Waals surface area contributed by atoms with Crippen molar-refractivity contribution >= 4 is 17.6 Å². The molecular formula is C19H30N4O. The number of hydrogen-bond donors (Lipinski definition) is 1. The lowest BCUT2D eigenvalue weighted by molar-refractivity contribution is 0.309. The van der Waals surface area contributed by atoms with E-state index in [0.29, 0.717) is 0 Å². The summed E-state index contributed by atoms with van der Waals surface area (Å²) >= 11 is 0. The van der Waals surface area contributed by atoms with E-state index in [2.05, 4.69) is 29.6 Å². The summed E-state index contributed by atoms with van der Waals surface area (Å²) in [4.78, 5) is 0. The Kier molecular flexibility index (Phi) is 8.15. The standard InChI is InChI=1S/C19H30N4O/c1-3-5-7-8-9-10-17-16-20-23(22-21-17)18-11-13-19(14-12-18)24-15-6-4-2/h11-14,16,22H,3-10,15H2,1-2H3. The lowest BCUT2D eigenvalue weighted by Crippen LogP contribution is -2.34. The number of anilines is 1. The van der Waals surface area contributed by atoms with E-state index in [9.17, 15) is 0 Å². The average molecular weight is 330 g/mol. The number of hydrogen-bond acceptors (Lipinski definition) is 5. The van der Waals surface area contributed by atoms with Crippen molar-refractivity contribution in [3.05, 3.63) is 24.3 Å². The third kappa shape index (κ3) is 6.22. The fourth-order valence-electron chi connectivity index (χ4n) is 2.46. The molecule has 0 radical (unpaired) electrons. The fraction of sp³-hybridized carbons (Fsp3) is 0.579. The molecule has 1 aromatic rings. The first-order chi connectivity index (χ1) is 11.8. The van der Waals surface area contributed by atoms with Crippen molar-refractivity contribution in [3.8, 4) is 5.75 Å². The lowest BCUT2D eigenvalue weighted by Gasteiger charge is -2.21. The number of nitrogens with zero attached hydrogens (tertiary/aromatic N) is 3. The van der Waals surface area contributed by atoms with E-state index < -0.39 is 0 Å². The minimum atomic E-state index is 0.766. The highest BCUT2D eigenvalue weighted by molar-refractivity contribution is 6.31. The second-order valence-electron chi connectivity index (χ2n) is 6.12. The Morgan fingerprint density at radius 1 is 0.958 bits per heavy atom. The fourth-order valence-corrected chi connectivity index (χ4v) is 2.46. The van der Waals surface area contributed by atoms with Gasteiger partial charge in [-0.2, -0.15) is 20.9 Å². The molecule has 0 unspecified atom stereocenters. The van der Waals surface area contributed by atoms with Gasteiger partial charge < -0.3 is 4.74 Å². The molecule has 1 aromatic carbocycles. The summed E-state index contributed by atoms with van der Waals surface area (Å²) in [6.45, 7) is 5.16. The molecule has 24 heavy (non-hydrogen) atoms. The summed E-state index contributed by atoms with van der Waals surface area (Å²) < 4.78 is 5.67. The SMILES string of the molecule is CCCCCCCC1=NNN(c2ccc(OCCCC)cc2)N=C1. The summed E-state index contributed by atoms with van der Waals surface area (Å²) in [5.41, 5.74) is 4.95. The second kappa shape index (κ2) is 10.7. The van der Waals surface area contributed by atoms with Gasteiger partial charge in [0.25, 0.3) is 0 Å². The van der Waals surface area contributed by atoms with E-state index >= 15 is 0 Å². The number of hydrazone groups is 2. The molecule has 0 aromatic heterocycles. The molecule has 1 aliphatic rings. The van der Waals surface area contributed by atoms with E-state index in [0.717, 1.165) is 43.0 Å². The van der Waals surface area contributed by atoms with Crippen LogP contribution in [-0.2, 0) is 0 Å². The van der Waals surface area contributed by atoms with Crippen LogP contribution >= 0.6 is 0 Å². The molecule has 0 fully saturated rings. The summed E-state index contributed by atoms with van der Waals surface area (Å²) in [6, 6.07) is 7.90. The molecule has 5 nitrogen and oxygen atoms in total. The zero-order chi connectivity index (χ0) is 17.0. The summed E-state index contributed by atoms with van der Waals surface area (Å²) in [6.07, 6.45) is 11.4. The number of unbranched alkanes of at least 4 members (excludes halogenated alkanes) is 5. The molecule has 0 saturated heterocycles. The van der Waals surface area contributed by atoms with Gasteiger partial charge in [0, 0.05) is 0 Å². The highest BCUT2D eigenvalue weighted by Crippen LogP contribution is 2.19. The zero-order valence-electron chi connectivity index (χ0n) is 15.0. The van der Waals surface area contributed by atoms with Gasteiger partial charge in [-0.25, -0.2) is 0 Å². The third-order valence-corrected chi connectivity index (χ3v) is 3.99. The Morgan fingerprint density at radius 3 is 2.38 bits per heavy atom. The van der Waals surface area contributed by atoms with E-state index in [1.54, 1.807) is 5.12 Å². The molecule has 0 atom stereocenters. The van der Waals surface area contributed by atoms with Crippen molar-refractivity contribution in [2.24, 2.45) is 10.2 Å². The molecule has 132 valence electrons. The summed E-state index contributed by atoms with van der Waals surface area (Å²) in [5.74, 6) is 0.893. The van der Waals surface area contributed by atoms with Crippen LogP contribution in [0.2, 0.25) is 0 Å². The second-order valence-corrected chi connectivity index (χ2v) is 6.12. The molecular weight excluding hydrogens is 300 g/mol. The maximum atomic E-state index is 5.67. The van der Waals surface area contributed by atoms with Crippen molar-refractivity contribution in [2.75, 3.05) is 11.7 Å². The third-order valence-electron chi connectivity index (χ3n) is 3.99. The van der Waals surface area contributed by atoms with E-state index in [1.165, 1.54) is 32.1 Å². The number of benzene rings is 1. The molecule has 0 bridgehead atoms. The van der Waals surface area contributed by atoms with Gasteiger partial charge in [-0.3, -0.25) is 0 Å². The van der Waals surface area contributed by atoms with Crippen LogP contribution in [0.25, 0.3) is 0 Å². The van der Waals surface area contributed by atoms with Crippen LogP contribution in [-0.4, -0.2) is 18.5 Å². The van der Waals surface area contributed by atoms with Crippen LogP contribution < -0.4 is 15.4 Å². The van der Waals surface area contributed by atoms with E-state index in [-0.39, 0.29) is 0 Å². The highest BCUT2D eigenvalue weighted by atomic mass is 16.5. The molecule has 0 amide bonds. The average Bonchev–Trinajstić information content (AvgIpc) is 2.63. The van der Waals surface area contributed by atoms with Gasteiger partial charge in [0.1, 0.15) is 5.75 Å². The quantitative estimate of drug-likeness (QED) is 0.588. The Labute approximate surface area is 145 Å². The lowest BCUT2D eigenvalue weighted by atomic mass is 10.1. The van der Waals surface area contributed by atoms with Gasteiger partial charge >= 0.3 is 0 Å². The van der Waals surface area contributed by atoms with E-state index in [1.807, 2.05) is 30.5 Å². The summed E-state index contributed by atoms with van der Waals surface area (Å²) in [7, 11) is 0. The van der Waals surface area contributed by atoms with Crippen molar-refractivity contribution in [1.29, 1.82) is 0 Å². The van der Waals surface area contributed by atoms with Crippen LogP contribution in [0.4, 0.5) is 5.69 Å². The maximum absolute atomic E-state index is 5.67. The van der Waals surface area contributed by atoms with Crippen LogP contribution in [0.3, 0.4) is 0 Å². The first-order valence-corrected chi connectivity index (χ1v) is 9.22. The Balaban J connectivity index is 1.74. The van der Waals surface area contributed by atoms with Gasteiger partial charge in [-0.05, 0) is 43.5 Å². The topological polar surface area (TPSA) is 49.2 Å². The minimum absolute atomic E-state index is 0.766. The highest BCUT2D eigenvalue weighted by Gasteiger charge is 2.09. The largest absolute Gasteiger partial charge is 0.494 e. The first kappa shape index (κ1) is 18.3. The van der Waals surface area contributed by atoms with Crippen molar-refractivity contribution in [2.45, 2.75) is 65.2 Å². The Bertz CT molecular complexity index is 525.